The first kappa shape index (κ1) is 15.9. The van der Waals surface area contributed by atoms with E-state index >= 15 is 0 Å². The van der Waals surface area contributed by atoms with Crippen LogP contribution in [0.15, 0.2) is 12.3 Å². The largest absolute Gasteiger partial charge is 0.382 e. The number of aromatic nitrogens is 2. The van der Waals surface area contributed by atoms with Gasteiger partial charge in [0.05, 0.1) is 5.56 Å². The molecule has 0 bridgehead atoms. The van der Waals surface area contributed by atoms with Crippen molar-refractivity contribution in [2.45, 2.75) is 40.2 Å². The summed E-state index contributed by atoms with van der Waals surface area (Å²) in [5.41, 5.74) is 2.31. The van der Waals surface area contributed by atoms with Crippen molar-refractivity contribution in [3.63, 3.8) is 0 Å². The van der Waals surface area contributed by atoms with Crippen molar-refractivity contribution >= 4 is 34.4 Å². The standard InChI is InChI=1S/C15H18ClN3OS/c1-5-12(20)14-9(4)21-15(19-14)10-7-17-13(16)6-11(10)18-8(2)3/h6-8H,5H2,1-4H3,(H,17,18). The molecule has 0 radical (unpaired) electrons. The smallest absolute Gasteiger partial charge is 0.182 e. The first-order valence-corrected chi connectivity index (χ1v) is 8.04. The minimum absolute atomic E-state index is 0.0651. The molecule has 1 N–H and O–H groups in total. The fraction of sp³-hybridized carbons (Fsp3) is 0.400. The summed E-state index contributed by atoms with van der Waals surface area (Å²) >= 11 is 7.48. The second-order valence-electron chi connectivity index (χ2n) is 5.05. The Morgan fingerprint density at radius 3 is 2.81 bits per heavy atom. The van der Waals surface area contributed by atoms with Gasteiger partial charge < -0.3 is 5.32 Å². The van der Waals surface area contributed by atoms with Crippen LogP contribution in [-0.4, -0.2) is 21.8 Å². The van der Waals surface area contributed by atoms with Crippen LogP contribution in [0, 0.1) is 6.92 Å². The van der Waals surface area contributed by atoms with Crippen molar-refractivity contribution in [2.24, 2.45) is 0 Å². The van der Waals surface area contributed by atoms with E-state index in [2.05, 4.69) is 29.1 Å². The maximum Gasteiger partial charge on any atom is 0.182 e. The van der Waals surface area contributed by atoms with Gasteiger partial charge in [-0.2, -0.15) is 0 Å². The average Bonchev–Trinajstić information content (AvgIpc) is 2.79. The molecule has 4 nitrogen and oxygen atoms in total. The lowest BCUT2D eigenvalue weighted by Gasteiger charge is -2.13. The summed E-state index contributed by atoms with van der Waals surface area (Å²) in [6.45, 7) is 7.87. The van der Waals surface area contributed by atoms with Gasteiger partial charge in [-0.15, -0.1) is 11.3 Å². The summed E-state index contributed by atoms with van der Waals surface area (Å²) in [7, 11) is 0. The molecule has 0 fully saturated rings. The molecule has 2 aromatic rings. The quantitative estimate of drug-likeness (QED) is 0.646. The third-order valence-electron chi connectivity index (χ3n) is 2.93. The predicted molar refractivity (Wildman–Crippen MR) is 88.5 cm³/mol. The molecular weight excluding hydrogens is 306 g/mol. The molecule has 0 unspecified atom stereocenters. The van der Waals surface area contributed by atoms with E-state index in [-0.39, 0.29) is 11.8 Å². The van der Waals surface area contributed by atoms with Crippen molar-refractivity contribution in [3.8, 4) is 10.6 Å². The number of aryl methyl sites for hydroxylation is 1. The predicted octanol–water partition coefficient (Wildman–Crippen LogP) is 4.58. The lowest BCUT2D eigenvalue weighted by Crippen LogP contribution is -2.10. The number of nitrogens with one attached hydrogen (secondary N) is 1. The van der Waals surface area contributed by atoms with Crippen molar-refractivity contribution in [2.75, 3.05) is 5.32 Å². The second kappa shape index (κ2) is 6.54. The van der Waals surface area contributed by atoms with E-state index < -0.39 is 0 Å². The van der Waals surface area contributed by atoms with Crippen molar-refractivity contribution in [1.82, 2.24) is 9.97 Å². The molecule has 0 atom stereocenters. The van der Waals surface area contributed by atoms with Gasteiger partial charge in [0.1, 0.15) is 15.9 Å². The Labute approximate surface area is 133 Å². The highest BCUT2D eigenvalue weighted by molar-refractivity contribution is 7.15. The van der Waals surface area contributed by atoms with E-state index in [0.717, 1.165) is 21.1 Å². The lowest BCUT2D eigenvalue weighted by molar-refractivity contribution is 0.0983. The van der Waals surface area contributed by atoms with Crippen LogP contribution < -0.4 is 5.32 Å². The number of rotatable bonds is 5. The zero-order valence-electron chi connectivity index (χ0n) is 12.5. The first-order valence-electron chi connectivity index (χ1n) is 6.85. The fourth-order valence-electron chi connectivity index (χ4n) is 1.97. The van der Waals surface area contributed by atoms with Crippen molar-refractivity contribution in [1.29, 1.82) is 0 Å². The number of anilines is 1. The van der Waals surface area contributed by atoms with Crippen molar-refractivity contribution < 1.29 is 4.79 Å². The molecule has 0 aliphatic carbocycles. The number of halogens is 1. The minimum Gasteiger partial charge on any atom is -0.382 e. The molecule has 0 aromatic carbocycles. The summed E-state index contributed by atoms with van der Waals surface area (Å²) < 4.78 is 0. The molecule has 2 heterocycles. The van der Waals surface area contributed by atoms with Gasteiger partial charge >= 0.3 is 0 Å². The van der Waals surface area contributed by atoms with Gasteiger partial charge in [0, 0.05) is 29.2 Å². The first-order chi connectivity index (χ1) is 9.92. The Morgan fingerprint density at radius 1 is 1.48 bits per heavy atom. The molecule has 6 heteroatoms. The summed E-state index contributed by atoms with van der Waals surface area (Å²) in [6, 6.07) is 2.05. The number of carbonyl (C=O) groups excluding carboxylic acids is 1. The molecule has 0 aliphatic heterocycles. The molecular formula is C15H18ClN3OS. The van der Waals surface area contributed by atoms with E-state index in [1.807, 2.05) is 13.8 Å². The number of Topliss-reactive ketones (excluding diaryl/α,β-unsaturated/α-hetero) is 1. The van der Waals surface area contributed by atoms with Gasteiger partial charge in [0.15, 0.2) is 5.78 Å². The van der Waals surface area contributed by atoms with E-state index in [4.69, 9.17) is 11.6 Å². The average molecular weight is 324 g/mol. The summed E-state index contributed by atoms with van der Waals surface area (Å²) in [5.74, 6) is 0.0651. The molecule has 0 aliphatic rings. The highest BCUT2D eigenvalue weighted by Gasteiger charge is 2.17. The minimum atomic E-state index is 0.0651. The monoisotopic (exact) mass is 323 g/mol. The molecule has 0 amide bonds. The molecule has 0 saturated carbocycles. The van der Waals surface area contributed by atoms with Gasteiger partial charge in [0.25, 0.3) is 0 Å². The number of nitrogens with zero attached hydrogens (tertiary/aromatic N) is 2. The number of thiazole rings is 1. The summed E-state index contributed by atoms with van der Waals surface area (Å²) in [4.78, 5) is 21.4. The van der Waals surface area contributed by atoms with Gasteiger partial charge in [-0.3, -0.25) is 4.79 Å². The molecule has 0 spiro atoms. The normalized spacial score (nSPS) is 11.0. The topological polar surface area (TPSA) is 54.9 Å². The van der Waals surface area contributed by atoms with E-state index in [1.165, 1.54) is 11.3 Å². The van der Waals surface area contributed by atoms with Crippen LogP contribution >= 0.6 is 22.9 Å². The third-order valence-corrected chi connectivity index (χ3v) is 4.14. The third kappa shape index (κ3) is 3.60. The van der Waals surface area contributed by atoms with Crippen LogP contribution in [0.2, 0.25) is 5.15 Å². The van der Waals surface area contributed by atoms with Gasteiger partial charge in [-0.05, 0) is 26.8 Å². The maximum atomic E-state index is 11.9. The Hall–Kier alpha value is -1.46. The molecule has 21 heavy (non-hydrogen) atoms. The van der Waals surface area contributed by atoms with Crippen LogP contribution in [-0.2, 0) is 0 Å². The number of hydrogen-bond acceptors (Lipinski definition) is 5. The zero-order chi connectivity index (χ0) is 15.6. The van der Waals surface area contributed by atoms with Gasteiger partial charge in [-0.25, -0.2) is 9.97 Å². The molecule has 2 aromatic heterocycles. The second-order valence-corrected chi connectivity index (χ2v) is 6.64. The summed E-state index contributed by atoms with van der Waals surface area (Å²) in [6.07, 6.45) is 2.16. The van der Waals surface area contributed by atoms with Crippen LogP contribution in [0.1, 0.15) is 42.6 Å². The Bertz CT molecular complexity index is 667. The summed E-state index contributed by atoms with van der Waals surface area (Å²) in [5, 5.41) is 4.56. The van der Waals surface area contributed by atoms with Crippen LogP contribution in [0.5, 0.6) is 0 Å². The molecule has 2 rings (SSSR count). The fourth-order valence-corrected chi connectivity index (χ4v) is 3.08. The molecule has 0 saturated heterocycles. The van der Waals surface area contributed by atoms with Crippen LogP contribution in [0.4, 0.5) is 5.69 Å². The number of hydrogen-bond donors (Lipinski definition) is 1. The van der Waals surface area contributed by atoms with E-state index in [9.17, 15) is 4.79 Å². The Kier molecular flexibility index (Phi) is 4.96. The Balaban J connectivity index is 2.49. The highest BCUT2D eigenvalue weighted by Crippen LogP contribution is 2.34. The van der Waals surface area contributed by atoms with Crippen LogP contribution in [0.25, 0.3) is 10.6 Å². The van der Waals surface area contributed by atoms with E-state index in [0.29, 0.717) is 17.3 Å². The maximum absolute atomic E-state index is 11.9. The lowest BCUT2D eigenvalue weighted by atomic mass is 10.2. The number of ketones is 1. The zero-order valence-corrected chi connectivity index (χ0v) is 14.1. The SMILES string of the molecule is CCC(=O)c1nc(-c2cnc(Cl)cc2NC(C)C)sc1C. The van der Waals surface area contributed by atoms with Crippen LogP contribution in [0.3, 0.4) is 0 Å². The highest BCUT2D eigenvalue weighted by atomic mass is 35.5. The van der Waals surface area contributed by atoms with Gasteiger partial charge in [-0.1, -0.05) is 18.5 Å². The number of pyridine rings is 1. The van der Waals surface area contributed by atoms with Gasteiger partial charge in [0.2, 0.25) is 0 Å². The van der Waals surface area contributed by atoms with Crippen molar-refractivity contribution in [3.05, 3.63) is 28.0 Å². The Morgan fingerprint density at radius 2 is 2.19 bits per heavy atom. The number of carbonyl (C=O) groups is 1. The van der Waals surface area contributed by atoms with E-state index in [1.54, 1.807) is 12.3 Å². The molecule has 112 valence electrons.